The van der Waals surface area contributed by atoms with E-state index in [2.05, 4.69) is 29.6 Å². The maximum atomic E-state index is 14.2. The number of urea groups is 1. The van der Waals surface area contributed by atoms with Crippen LogP contribution in [0.5, 0.6) is 11.5 Å². The van der Waals surface area contributed by atoms with Crippen molar-refractivity contribution in [1.82, 2.24) is 14.9 Å². The van der Waals surface area contributed by atoms with Crippen LogP contribution in [0.1, 0.15) is 44.0 Å². The van der Waals surface area contributed by atoms with Crippen LogP contribution < -0.4 is 25.0 Å². The predicted molar refractivity (Wildman–Crippen MR) is 211 cm³/mol. The maximum Gasteiger partial charge on any atom is 0.410 e. The van der Waals surface area contributed by atoms with Gasteiger partial charge in [-0.2, -0.15) is 0 Å². The van der Waals surface area contributed by atoms with Crippen molar-refractivity contribution in [2.45, 2.75) is 64.9 Å². The topological polar surface area (TPSA) is 133 Å². The number of nitrogens with zero attached hydrogens (tertiary/aromatic N) is 5. The Kier molecular flexibility index (Phi) is 13.5. The third kappa shape index (κ3) is 10.5. The zero-order chi connectivity index (χ0) is 38.4. The standard InChI is InChI=1S/C37H50Cl2N6O6Si/c1-37(2,3)51-36(47)44-14-12-24(13-15-44)25-10-11-26(28(40)19-25)18-27-20-31(42-22-41-27)43(4)35(46)45(23-50-16-17-52(7,8)9)34-32(38)29(48-5)21-30(49-6)33(34)39/h10-12,19-22H,13-18,23,40H2,1-9H3. The number of benzene rings is 2. The van der Waals surface area contributed by atoms with Crippen LogP contribution >= 0.6 is 23.2 Å². The largest absolute Gasteiger partial charge is 0.495 e. The molecule has 0 atom stereocenters. The summed E-state index contributed by atoms with van der Waals surface area (Å²) in [7, 11) is 3.14. The fraction of sp³-hybridized carbons (Fsp3) is 0.459. The van der Waals surface area contributed by atoms with Crippen LogP contribution in [0, 0.1) is 0 Å². The normalized spacial score (nSPS) is 13.4. The van der Waals surface area contributed by atoms with Crippen molar-refractivity contribution < 1.29 is 28.5 Å². The molecule has 0 saturated heterocycles. The molecule has 0 saturated carbocycles. The fourth-order valence-electron chi connectivity index (χ4n) is 5.38. The van der Waals surface area contributed by atoms with Gasteiger partial charge in [-0.05, 0) is 56.0 Å². The Labute approximate surface area is 317 Å². The smallest absolute Gasteiger partial charge is 0.410 e. The summed E-state index contributed by atoms with van der Waals surface area (Å²) in [6.45, 7) is 13.7. The molecule has 15 heteroatoms. The molecule has 2 N–H and O–H groups in total. The van der Waals surface area contributed by atoms with Gasteiger partial charge in [0.05, 0.1) is 25.6 Å². The Morgan fingerprint density at radius 2 is 1.69 bits per heavy atom. The Balaban J connectivity index is 1.54. The Morgan fingerprint density at radius 3 is 2.25 bits per heavy atom. The van der Waals surface area contributed by atoms with Gasteiger partial charge in [-0.3, -0.25) is 9.80 Å². The van der Waals surface area contributed by atoms with E-state index in [9.17, 15) is 9.59 Å². The molecule has 282 valence electrons. The summed E-state index contributed by atoms with van der Waals surface area (Å²) in [6, 6.07) is 9.64. The third-order valence-electron chi connectivity index (χ3n) is 8.36. The van der Waals surface area contributed by atoms with E-state index >= 15 is 0 Å². The van der Waals surface area contributed by atoms with E-state index in [1.54, 1.807) is 24.1 Å². The number of aromatic nitrogens is 2. The van der Waals surface area contributed by atoms with Gasteiger partial charge in [0.25, 0.3) is 0 Å². The predicted octanol–water partition coefficient (Wildman–Crippen LogP) is 8.37. The van der Waals surface area contributed by atoms with Crippen molar-refractivity contribution >= 4 is 66.2 Å². The highest BCUT2D eigenvalue weighted by molar-refractivity contribution is 6.76. The molecule has 0 unspecified atom stereocenters. The van der Waals surface area contributed by atoms with Gasteiger partial charge in [-0.25, -0.2) is 19.6 Å². The molecule has 0 aliphatic carbocycles. The number of hydrogen-bond donors (Lipinski definition) is 1. The molecule has 12 nitrogen and oxygen atoms in total. The monoisotopic (exact) mass is 772 g/mol. The van der Waals surface area contributed by atoms with Crippen LogP contribution in [-0.4, -0.2) is 88.4 Å². The molecule has 2 aromatic carbocycles. The lowest BCUT2D eigenvalue weighted by Gasteiger charge is -2.30. The number of rotatable bonds is 12. The van der Waals surface area contributed by atoms with Crippen molar-refractivity contribution in [3.05, 3.63) is 69.6 Å². The van der Waals surface area contributed by atoms with E-state index < -0.39 is 19.7 Å². The van der Waals surface area contributed by atoms with Gasteiger partial charge < -0.3 is 29.6 Å². The molecule has 0 spiro atoms. The van der Waals surface area contributed by atoms with Gasteiger partial charge in [0, 0.05) is 59.1 Å². The number of carbonyl (C=O) groups is 2. The summed E-state index contributed by atoms with van der Waals surface area (Å²) in [4.78, 5) is 40.0. The summed E-state index contributed by atoms with van der Waals surface area (Å²) in [5.74, 6) is 0.924. The van der Waals surface area contributed by atoms with E-state index in [4.69, 9.17) is 47.9 Å². The van der Waals surface area contributed by atoms with Crippen LogP contribution in [0.25, 0.3) is 5.57 Å². The molecule has 0 fully saturated rings. The van der Waals surface area contributed by atoms with E-state index in [1.165, 1.54) is 30.3 Å². The number of nitrogen functional groups attached to an aromatic ring is 1. The van der Waals surface area contributed by atoms with E-state index in [1.807, 2.05) is 45.0 Å². The zero-order valence-electron chi connectivity index (χ0n) is 31.5. The lowest BCUT2D eigenvalue weighted by molar-refractivity contribution is 0.0270. The van der Waals surface area contributed by atoms with Crippen molar-refractivity contribution in [3.63, 3.8) is 0 Å². The van der Waals surface area contributed by atoms with Crippen molar-refractivity contribution in [3.8, 4) is 11.5 Å². The second-order valence-electron chi connectivity index (χ2n) is 14.7. The van der Waals surface area contributed by atoms with E-state index in [-0.39, 0.29) is 40.1 Å². The molecule has 1 aliphatic rings. The van der Waals surface area contributed by atoms with E-state index in [0.29, 0.717) is 49.7 Å². The molecular formula is C37H50Cl2N6O6Si. The number of ether oxygens (including phenoxy) is 4. The first-order chi connectivity index (χ1) is 24.4. The van der Waals surface area contributed by atoms with Crippen LogP contribution in [0.2, 0.25) is 35.7 Å². The molecule has 0 bridgehead atoms. The summed E-state index contributed by atoms with van der Waals surface area (Å²) in [5, 5.41) is 0.269. The minimum absolute atomic E-state index is 0.125. The van der Waals surface area contributed by atoms with Gasteiger partial charge >= 0.3 is 12.1 Å². The average molecular weight is 774 g/mol. The number of halogens is 2. The van der Waals surface area contributed by atoms with Gasteiger partial charge in [0.15, 0.2) is 0 Å². The highest BCUT2D eigenvalue weighted by atomic mass is 35.5. The Hall–Kier alpha value is -4.04. The number of carbonyl (C=O) groups excluding carboxylic acids is 2. The van der Waals surface area contributed by atoms with Gasteiger partial charge in [0.2, 0.25) is 0 Å². The van der Waals surface area contributed by atoms with Gasteiger partial charge in [-0.1, -0.05) is 61.1 Å². The lowest BCUT2D eigenvalue weighted by atomic mass is 9.96. The number of nitrogens with two attached hydrogens (primary N) is 1. The fourth-order valence-corrected chi connectivity index (χ4v) is 6.84. The second-order valence-corrected chi connectivity index (χ2v) is 21.1. The molecule has 0 radical (unpaired) electrons. The highest BCUT2D eigenvalue weighted by Gasteiger charge is 2.30. The minimum atomic E-state index is -1.41. The summed E-state index contributed by atoms with van der Waals surface area (Å²) >= 11 is 13.5. The quantitative estimate of drug-likeness (QED) is 0.0835. The van der Waals surface area contributed by atoms with Gasteiger partial charge in [-0.15, -0.1) is 0 Å². The molecule has 3 amide bonds. The number of hydrogen-bond acceptors (Lipinski definition) is 9. The first-order valence-corrected chi connectivity index (χ1v) is 21.5. The van der Waals surface area contributed by atoms with Crippen LogP contribution in [0.3, 0.4) is 0 Å². The molecule has 2 heterocycles. The highest BCUT2D eigenvalue weighted by Crippen LogP contribution is 2.46. The maximum absolute atomic E-state index is 14.2. The molecule has 3 aromatic rings. The summed E-state index contributed by atoms with van der Waals surface area (Å²) in [6.07, 6.45) is 4.22. The van der Waals surface area contributed by atoms with E-state index in [0.717, 1.165) is 22.7 Å². The molecule has 4 rings (SSSR count). The van der Waals surface area contributed by atoms with Crippen molar-refractivity contribution in [1.29, 1.82) is 0 Å². The van der Waals surface area contributed by atoms with Crippen molar-refractivity contribution in [2.24, 2.45) is 0 Å². The second kappa shape index (κ2) is 17.2. The zero-order valence-corrected chi connectivity index (χ0v) is 34.0. The first-order valence-electron chi connectivity index (χ1n) is 17.0. The number of anilines is 3. The number of methoxy groups -OCH3 is 2. The average Bonchev–Trinajstić information content (AvgIpc) is 3.08. The summed E-state index contributed by atoms with van der Waals surface area (Å²) < 4.78 is 22.5. The first kappa shape index (κ1) is 40.7. The van der Waals surface area contributed by atoms with Gasteiger partial charge in [0.1, 0.15) is 46.0 Å². The Bertz CT molecular complexity index is 1770. The summed E-state index contributed by atoms with van der Waals surface area (Å²) in [5.41, 5.74) is 10.4. The lowest BCUT2D eigenvalue weighted by Crippen LogP contribution is -2.43. The van der Waals surface area contributed by atoms with Crippen LogP contribution in [0.15, 0.2) is 42.7 Å². The SMILES string of the molecule is COc1cc(OC)c(Cl)c(N(COCC[Si](C)(C)C)C(=O)N(C)c2cc(Cc3ccc(C4=CCN(C(=O)OC(C)(C)C)CC4)cc3N)ncn2)c1Cl. The van der Waals surface area contributed by atoms with Crippen molar-refractivity contribution in [2.75, 3.05) is 63.2 Å². The molecule has 1 aliphatic heterocycles. The number of amides is 3. The third-order valence-corrected chi connectivity index (χ3v) is 10.8. The Morgan fingerprint density at radius 1 is 1.02 bits per heavy atom. The van der Waals surface area contributed by atoms with Crippen LogP contribution in [-0.2, 0) is 15.9 Å². The molecule has 52 heavy (non-hydrogen) atoms. The molecule has 1 aromatic heterocycles. The minimum Gasteiger partial charge on any atom is -0.495 e. The molecular weight excluding hydrogens is 723 g/mol. The van der Waals surface area contributed by atoms with Crippen LogP contribution in [0.4, 0.5) is 26.8 Å².